The highest BCUT2D eigenvalue weighted by atomic mass is 15.0. The van der Waals surface area contributed by atoms with Gasteiger partial charge in [0.2, 0.25) is 0 Å². The van der Waals surface area contributed by atoms with E-state index < -0.39 is 0 Å². The summed E-state index contributed by atoms with van der Waals surface area (Å²) in [4.78, 5) is 4.72. The van der Waals surface area contributed by atoms with E-state index in [2.05, 4.69) is 99.7 Å². The zero-order valence-electron chi connectivity index (χ0n) is 17.6. The van der Waals surface area contributed by atoms with Gasteiger partial charge in [0.05, 0.1) is 0 Å². The second-order valence-electron chi connectivity index (χ2n) is 8.21. The van der Waals surface area contributed by atoms with Crippen molar-refractivity contribution >= 4 is 22.3 Å². The molecule has 1 N–H and O–H groups in total. The first-order chi connectivity index (χ1) is 14.0. The van der Waals surface area contributed by atoms with E-state index in [0.717, 1.165) is 11.4 Å². The maximum Gasteiger partial charge on any atom is 0.138 e. The number of nitrogens with zero attached hydrogens (tertiary/aromatic N) is 1. The predicted octanol–water partition coefficient (Wildman–Crippen LogP) is 7.89. The van der Waals surface area contributed by atoms with Crippen molar-refractivity contribution in [3.05, 3.63) is 90.1 Å². The molecule has 0 fully saturated rings. The molecule has 0 saturated heterocycles. The molecule has 0 amide bonds. The molecule has 1 aromatic heterocycles. The van der Waals surface area contributed by atoms with E-state index >= 15 is 0 Å². The summed E-state index contributed by atoms with van der Waals surface area (Å²) in [6.45, 7) is 8.97. The average Bonchev–Trinajstić information content (AvgIpc) is 2.73. The average molecular weight is 381 g/mol. The molecule has 29 heavy (non-hydrogen) atoms. The molecule has 0 aliphatic heterocycles. The first kappa shape index (κ1) is 19.2. The lowest BCUT2D eigenvalue weighted by atomic mass is 9.92. The number of hydrogen-bond donors (Lipinski definition) is 1. The van der Waals surface area contributed by atoms with E-state index in [1.165, 1.54) is 33.2 Å². The lowest BCUT2D eigenvalue weighted by molar-refractivity contribution is 0.838. The molecule has 0 unspecified atom stereocenters. The third-order valence-electron chi connectivity index (χ3n) is 5.48. The van der Waals surface area contributed by atoms with Gasteiger partial charge in [0.25, 0.3) is 0 Å². The Morgan fingerprint density at radius 2 is 1.38 bits per heavy atom. The SMILES string of the molecule is CC(C)c1cccc(C(C)C)c1Nc1ncccc1-c1ccc2ccccc2c1. The quantitative estimate of drug-likeness (QED) is 0.381. The van der Waals surface area contributed by atoms with E-state index in [1.807, 2.05) is 12.3 Å². The van der Waals surface area contributed by atoms with Gasteiger partial charge in [0.15, 0.2) is 0 Å². The van der Waals surface area contributed by atoms with Crippen LogP contribution in [0.5, 0.6) is 0 Å². The van der Waals surface area contributed by atoms with Crippen LogP contribution in [0.3, 0.4) is 0 Å². The van der Waals surface area contributed by atoms with Gasteiger partial charge in [-0.25, -0.2) is 4.98 Å². The van der Waals surface area contributed by atoms with Crippen molar-refractivity contribution in [2.75, 3.05) is 5.32 Å². The van der Waals surface area contributed by atoms with E-state index in [1.54, 1.807) is 0 Å². The van der Waals surface area contributed by atoms with Crippen molar-refractivity contribution in [2.45, 2.75) is 39.5 Å². The number of aromatic nitrogens is 1. The Morgan fingerprint density at radius 3 is 2.07 bits per heavy atom. The first-order valence-electron chi connectivity index (χ1n) is 10.4. The molecule has 4 aromatic rings. The molecule has 2 heteroatoms. The van der Waals surface area contributed by atoms with Crippen LogP contribution < -0.4 is 5.32 Å². The van der Waals surface area contributed by atoms with Gasteiger partial charge in [0.1, 0.15) is 5.82 Å². The van der Waals surface area contributed by atoms with Gasteiger partial charge < -0.3 is 5.32 Å². The van der Waals surface area contributed by atoms with Crippen LogP contribution in [0.4, 0.5) is 11.5 Å². The Bertz CT molecular complexity index is 1120. The van der Waals surface area contributed by atoms with Crippen LogP contribution >= 0.6 is 0 Å². The van der Waals surface area contributed by atoms with E-state index in [9.17, 15) is 0 Å². The van der Waals surface area contributed by atoms with Gasteiger partial charge in [-0.3, -0.25) is 0 Å². The Balaban J connectivity index is 1.82. The first-order valence-corrected chi connectivity index (χ1v) is 10.4. The van der Waals surface area contributed by atoms with Gasteiger partial charge in [-0.05, 0) is 57.5 Å². The number of anilines is 2. The smallest absolute Gasteiger partial charge is 0.138 e. The number of nitrogens with one attached hydrogen (secondary N) is 1. The van der Waals surface area contributed by atoms with Gasteiger partial charge >= 0.3 is 0 Å². The summed E-state index contributed by atoms with van der Waals surface area (Å²) in [6.07, 6.45) is 1.86. The molecule has 4 rings (SSSR count). The van der Waals surface area contributed by atoms with Gasteiger partial charge in [-0.15, -0.1) is 0 Å². The zero-order valence-corrected chi connectivity index (χ0v) is 17.6. The summed E-state index contributed by atoms with van der Waals surface area (Å²) >= 11 is 0. The second-order valence-corrected chi connectivity index (χ2v) is 8.21. The van der Waals surface area contributed by atoms with Crippen molar-refractivity contribution < 1.29 is 0 Å². The second kappa shape index (κ2) is 8.08. The van der Waals surface area contributed by atoms with E-state index in [4.69, 9.17) is 4.98 Å². The molecule has 2 nitrogen and oxygen atoms in total. The number of pyridine rings is 1. The molecule has 0 radical (unpaired) electrons. The molecule has 0 aliphatic carbocycles. The number of benzene rings is 3. The Morgan fingerprint density at radius 1 is 0.690 bits per heavy atom. The summed E-state index contributed by atoms with van der Waals surface area (Å²) in [7, 11) is 0. The molecule has 0 spiro atoms. The maximum absolute atomic E-state index is 4.72. The molecule has 0 saturated carbocycles. The molecule has 146 valence electrons. The minimum atomic E-state index is 0.434. The normalized spacial score (nSPS) is 11.4. The number of fused-ring (bicyclic) bond motifs is 1. The summed E-state index contributed by atoms with van der Waals surface area (Å²) in [5.41, 5.74) is 6.13. The van der Waals surface area contributed by atoms with Crippen LogP contribution in [-0.4, -0.2) is 4.98 Å². The summed E-state index contributed by atoms with van der Waals surface area (Å²) in [5.74, 6) is 1.77. The molecular formula is C27H28N2. The largest absolute Gasteiger partial charge is 0.339 e. The van der Waals surface area contributed by atoms with Crippen LogP contribution in [0.1, 0.15) is 50.7 Å². The molecule has 0 bridgehead atoms. The van der Waals surface area contributed by atoms with Crippen molar-refractivity contribution in [2.24, 2.45) is 0 Å². The number of hydrogen-bond acceptors (Lipinski definition) is 2. The highest BCUT2D eigenvalue weighted by Crippen LogP contribution is 2.37. The fourth-order valence-corrected chi connectivity index (χ4v) is 3.91. The monoisotopic (exact) mass is 380 g/mol. The zero-order chi connectivity index (χ0) is 20.4. The van der Waals surface area contributed by atoms with E-state index in [-0.39, 0.29) is 0 Å². The van der Waals surface area contributed by atoms with Crippen molar-refractivity contribution in [1.29, 1.82) is 0 Å². The van der Waals surface area contributed by atoms with Crippen molar-refractivity contribution in [1.82, 2.24) is 4.98 Å². The lowest BCUT2D eigenvalue weighted by Gasteiger charge is -2.21. The van der Waals surface area contributed by atoms with Crippen LogP contribution in [0.2, 0.25) is 0 Å². The summed E-state index contributed by atoms with van der Waals surface area (Å²) < 4.78 is 0. The van der Waals surface area contributed by atoms with Crippen molar-refractivity contribution in [3.8, 4) is 11.1 Å². The molecule has 1 heterocycles. The minimum Gasteiger partial charge on any atom is -0.339 e. The molecule has 0 atom stereocenters. The molecule has 3 aromatic carbocycles. The number of rotatable bonds is 5. The van der Waals surface area contributed by atoms with Gasteiger partial charge in [-0.1, -0.05) is 82.3 Å². The van der Waals surface area contributed by atoms with Crippen LogP contribution in [-0.2, 0) is 0 Å². The Labute approximate surface area is 173 Å². The van der Waals surface area contributed by atoms with Gasteiger partial charge in [-0.2, -0.15) is 0 Å². The highest BCUT2D eigenvalue weighted by molar-refractivity contribution is 5.90. The topological polar surface area (TPSA) is 24.9 Å². The fourth-order valence-electron chi connectivity index (χ4n) is 3.91. The highest BCUT2D eigenvalue weighted by Gasteiger charge is 2.16. The standard InChI is InChI=1S/C27H28N2/c1-18(2)23-11-7-12-24(19(3)4)26(23)29-27-25(13-8-16-28-27)22-15-14-20-9-5-6-10-21(20)17-22/h5-19H,1-4H3,(H,28,29). The molecule has 0 aliphatic rings. The third-order valence-corrected chi connectivity index (χ3v) is 5.48. The van der Waals surface area contributed by atoms with Crippen LogP contribution in [0, 0.1) is 0 Å². The number of para-hydroxylation sites is 1. The van der Waals surface area contributed by atoms with Crippen LogP contribution in [0.25, 0.3) is 21.9 Å². The van der Waals surface area contributed by atoms with E-state index in [0.29, 0.717) is 11.8 Å². The lowest BCUT2D eigenvalue weighted by Crippen LogP contribution is -2.05. The van der Waals surface area contributed by atoms with Gasteiger partial charge in [0, 0.05) is 17.4 Å². The predicted molar refractivity (Wildman–Crippen MR) is 125 cm³/mol. The summed E-state index contributed by atoms with van der Waals surface area (Å²) in [6, 6.07) is 25.8. The van der Waals surface area contributed by atoms with Crippen molar-refractivity contribution in [3.63, 3.8) is 0 Å². The maximum atomic E-state index is 4.72. The Hall–Kier alpha value is -3.13. The minimum absolute atomic E-state index is 0.434. The third kappa shape index (κ3) is 3.88. The molecular weight excluding hydrogens is 352 g/mol. The van der Waals surface area contributed by atoms with Crippen LogP contribution in [0.15, 0.2) is 79.0 Å². The summed E-state index contributed by atoms with van der Waals surface area (Å²) in [5, 5.41) is 6.20. The fraction of sp³-hybridized carbons (Fsp3) is 0.222. The Kier molecular flexibility index (Phi) is 5.35.